The Morgan fingerprint density at radius 3 is 2.43 bits per heavy atom. The predicted molar refractivity (Wildman–Crippen MR) is 107 cm³/mol. The van der Waals surface area contributed by atoms with Crippen molar-refractivity contribution in [3.8, 4) is 5.75 Å². The molecular formula is C21H22ClNO5. The minimum atomic E-state index is -1.77. The molecule has 0 aromatic heterocycles. The molecule has 0 saturated carbocycles. The number of carbonyl (C=O) groups excluding carboxylic acids is 1. The standard InChI is InChI=1S/C21H22ClNO5/c1-4-13(3)28-21(27)19(20(25)26)23-18(14-8-6-5-7-9-14)15-11-16(22)12(2)10-17(15)24/h5-11,13,19,24H,4H2,1-3H3,(H,25,26). The summed E-state index contributed by atoms with van der Waals surface area (Å²) in [6.07, 6.45) is 0.105. The van der Waals surface area contributed by atoms with E-state index in [-0.39, 0.29) is 17.0 Å². The summed E-state index contributed by atoms with van der Waals surface area (Å²) in [6.45, 7) is 5.22. The van der Waals surface area contributed by atoms with E-state index in [4.69, 9.17) is 16.3 Å². The Morgan fingerprint density at radius 2 is 1.86 bits per heavy atom. The molecule has 148 valence electrons. The second kappa shape index (κ2) is 9.37. The Balaban J connectivity index is 2.62. The summed E-state index contributed by atoms with van der Waals surface area (Å²) >= 11 is 6.19. The number of aliphatic carboxylic acids is 1. The van der Waals surface area contributed by atoms with Crippen LogP contribution in [-0.4, -0.2) is 40.0 Å². The van der Waals surface area contributed by atoms with E-state index in [0.717, 1.165) is 0 Å². The molecule has 0 saturated heterocycles. The van der Waals surface area contributed by atoms with E-state index in [2.05, 4.69) is 4.99 Å². The van der Waals surface area contributed by atoms with Gasteiger partial charge in [-0.25, -0.2) is 9.59 Å². The zero-order valence-corrected chi connectivity index (χ0v) is 16.6. The topological polar surface area (TPSA) is 96.2 Å². The van der Waals surface area contributed by atoms with Crippen molar-refractivity contribution in [2.45, 2.75) is 39.3 Å². The number of benzene rings is 2. The predicted octanol–water partition coefficient (Wildman–Crippen LogP) is 3.99. The van der Waals surface area contributed by atoms with Crippen molar-refractivity contribution < 1.29 is 24.5 Å². The maximum atomic E-state index is 12.4. The number of hydrogen-bond donors (Lipinski definition) is 2. The van der Waals surface area contributed by atoms with Crippen LogP contribution in [0.15, 0.2) is 47.5 Å². The van der Waals surface area contributed by atoms with Gasteiger partial charge >= 0.3 is 11.9 Å². The van der Waals surface area contributed by atoms with E-state index < -0.39 is 24.1 Å². The van der Waals surface area contributed by atoms with Crippen LogP contribution in [0.25, 0.3) is 0 Å². The monoisotopic (exact) mass is 403 g/mol. The number of nitrogens with zero attached hydrogens (tertiary/aromatic N) is 1. The number of phenols is 1. The maximum absolute atomic E-state index is 12.4. The van der Waals surface area contributed by atoms with E-state index in [0.29, 0.717) is 22.6 Å². The van der Waals surface area contributed by atoms with Gasteiger partial charge in [0.25, 0.3) is 0 Å². The minimum Gasteiger partial charge on any atom is -0.507 e. The Bertz CT molecular complexity index is 895. The van der Waals surface area contributed by atoms with Crippen LogP contribution in [0.3, 0.4) is 0 Å². The fourth-order valence-electron chi connectivity index (χ4n) is 2.44. The summed E-state index contributed by atoms with van der Waals surface area (Å²) in [5.41, 5.74) is 1.54. The zero-order chi connectivity index (χ0) is 20.8. The van der Waals surface area contributed by atoms with Crippen molar-refractivity contribution in [1.29, 1.82) is 0 Å². The third-order valence-corrected chi connectivity index (χ3v) is 4.59. The zero-order valence-electron chi connectivity index (χ0n) is 15.8. The van der Waals surface area contributed by atoms with Crippen LogP contribution in [0, 0.1) is 6.92 Å². The highest BCUT2D eigenvalue weighted by Gasteiger charge is 2.30. The fourth-order valence-corrected chi connectivity index (χ4v) is 2.60. The number of rotatable bonds is 7. The SMILES string of the molecule is CCC(C)OC(=O)C(N=C(c1ccccc1)c1cc(Cl)c(C)cc1O)C(=O)O. The summed E-state index contributed by atoms with van der Waals surface area (Å²) in [7, 11) is 0. The van der Waals surface area contributed by atoms with Crippen LogP contribution < -0.4 is 0 Å². The molecule has 2 aromatic rings. The second-order valence-electron chi connectivity index (χ2n) is 6.36. The molecule has 0 fully saturated rings. The number of ether oxygens (including phenoxy) is 1. The van der Waals surface area contributed by atoms with Gasteiger partial charge in [-0.15, -0.1) is 0 Å². The minimum absolute atomic E-state index is 0.121. The molecule has 28 heavy (non-hydrogen) atoms. The van der Waals surface area contributed by atoms with Crippen LogP contribution in [0.5, 0.6) is 5.75 Å². The molecule has 7 heteroatoms. The molecule has 6 nitrogen and oxygen atoms in total. The lowest BCUT2D eigenvalue weighted by Gasteiger charge is -2.16. The number of hydrogen-bond acceptors (Lipinski definition) is 5. The summed E-state index contributed by atoms with van der Waals surface area (Å²) in [5, 5.41) is 20.3. The molecule has 2 rings (SSSR count). The molecule has 2 aromatic carbocycles. The Morgan fingerprint density at radius 1 is 1.21 bits per heavy atom. The first-order valence-electron chi connectivity index (χ1n) is 8.80. The molecule has 0 radical (unpaired) electrons. The van der Waals surface area contributed by atoms with Gasteiger partial charge in [0.1, 0.15) is 5.75 Å². The molecule has 2 N–H and O–H groups in total. The number of halogens is 1. The molecule has 0 aliphatic rings. The number of phenolic OH excluding ortho intramolecular Hbond substituents is 1. The van der Waals surface area contributed by atoms with Crippen molar-refractivity contribution in [3.05, 3.63) is 64.2 Å². The number of carbonyl (C=O) groups is 2. The molecule has 0 amide bonds. The Hall–Kier alpha value is -2.86. The molecule has 0 bridgehead atoms. The van der Waals surface area contributed by atoms with Crippen LogP contribution in [0.4, 0.5) is 0 Å². The highest BCUT2D eigenvalue weighted by molar-refractivity contribution is 6.32. The van der Waals surface area contributed by atoms with Crippen LogP contribution in [-0.2, 0) is 14.3 Å². The smallest absolute Gasteiger partial charge is 0.342 e. The van der Waals surface area contributed by atoms with Crippen molar-refractivity contribution in [2.24, 2.45) is 4.99 Å². The average Bonchev–Trinajstić information content (AvgIpc) is 2.66. The first-order chi connectivity index (χ1) is 13.2. The summed E-state index contributed by atoms with van der Waals surface area (Å²) in [4.78, 5) is 28.2. The molecule has 0 aliphatic carbocycles. The first-order valence-corrected chi connectivity index (χ1v) is 9.18. The van der Waals surface area contributed by atoms with E-state index >= 15 is 0 Å². The Kier molecular flexibility index (Phi) is 7.18. The third-order valence-electron chi connectivity index (χ3n) is 4.19. The quantitative estimate of drug-likeness (QED) is 0.414. The molecule has 2 atom stereocenters. The van der Waals surface area contributed by atoms with Gasteiger partial charge in [0.05, 0.1) is 11.8 Å². The Labute approximate surface area is 168 Å². The number of carboxylic acids is 1. The molecular weight excluding hydrogens is 382 g/mol. The second-order valence-corrected chi connectivity index (χ2v) is 6.77. The lowest BCUT2D eigenvalue weighted by Crippen LogP contribution is -2.33. The van der Waals surface area contributed by atoms with Crippen molar-refractivity contribution >= 4 is 29.3 Å². The van der Waals surface area contributed by atoms with E-state index in [1.165, 1.54) is 12.1 Å². The number of aryl methyl sites for hydroxylation is 1. The molecule has 0 aliphatic heterocycles. The summed E-state index contributed by atoms with van der Waals surface area (Å²) in [6, 6.07) is 9.85. The van der Waals surface area contributed by atoms with Crippen LogP contribution in [0.2, 0.25) is 5.02 Å². The van der Waals surface area contributed by atoms with Gasteiger partial charge < -0.3 is 14.9 Å². The first kappa shape index (κ1) is 21.4. The largest absolute Gasteiger partial charge is 0.507 e. The van der Waals surface area contributed by atoms with Gasteiger partial charge in [0.15, 0.2) is 0 Å². The number of aliphatic imine (C=N–C) groups is 1. The number of aromatic hydroxyl groups is 1. The van der Waals surface area contributed by atoms with E-state index in [9.17, 15) is 19.8 Å². The normalized spacial score (nSPS) is 13.6. The van der Waals surface area contributed by atoms with E-state index in [1.807, 2.05) is 6.92 Å². The third kappa shape index (κ3) is 5.10. The fraction of sp³-hybridized carbons (Fsp3) is 0.286. The van der Waals surface area contributed by atoms with Crippen molar-refractivity contribution in [3.63, 3.8) is 0 Å². The van der Waals surface area contributed by atoms with Gasteiger partial charge in [0, 0.05) is 16.1 Å². The van der Waals surface area contributed by atoms with Crippen LogP contribution >= 0.6 is 11.6 Å². The lowest BCUT2D eigenvalue weighted by molar-refractivity contribution is -0.156. The van der Waals surface area contributed by atoms with Crippen molar-refractivity contribution in [2.75, 3.05) is 0 Å². The lowest BCUT2D eigenvalue weighted by atomic mass is 9.99. The molecule has 0 spiro atoms. The maximum Gasteiger partial charge on any atom is 0.342 e. The van der Waals surface area contributed by atoms with Crippen molar-refractivity contribution in [1.82, 2.24) is 0 Å². The average molecular weight is 404 g/mol. The number of carboxylic acid groups (broad SMARTS) is 1. The highest BCUT2D eigenvalue weighted by atomic mass is 35.5. The highest BCUT2D eigenvalue weighted by Crippen LogP contribution is 2.28. The van der Waals surface area contributed by atoms with E-state index in [1.54, 1.807) is 44.2 Å². The van der Waals surface area contributed by atoms with Gasteiger partial charge in [-0.05, 0) is 38.0 Å². The molecule has 0 heterocycles. The molecule has 2 unspecified atom stereocenters. The van der Waals surface area contributed by atoms with Crippen LogP contribution in [0.1, 0.15) is 37.0 Å². The van der Waals surface area contributed by atoms with Gasteiger partial charge in [-0.3, -0.25) is 4.99 Å². The summed E-state index contributed by atoms with van der Waals surface area (Å²) < 4.78 is 5.15. The van der Waals surface area contributed by atoms with Gasteiger partial charge in [-0.1, -0.05) is 48.9 Å². The van der Waals surface area contributed by atoms with Gasteiger partial charge in [-0.2, -0.15) is 0 Å². The van der Waals surface area contributed by atoms with Gasteiger partial charge in [0.2, 0.25) is 6.04 Å². The number of esters is 1. The summed E-state index contributed by atoms with van der Waals surface area (Å²) in [5.74, 6) is -2.53.